The number of hydrogen-bond donors (Lipinski definition) is 0. The maximum atomic E-state index is 4.54. The van der Waals surface area contributed by atoms with E-state index in [4.69, 9.17) is 0 Å². The summed E-state index contributed by atoms with van der Waals surface area (Å²) in [5.41, 5.74) is 5.69. The van der Waals surface area contributed by atoms with Crippen molar-refractivity contribution in [3.05, 3.63) is 107 Å². The molecule has 0 N–H and O–H groups in total. The molecular formula is C28H31N7. The number of tetrazole rings is 1. The van der Waals surface area contributed by atoms with E-state index in [-0.39, 0.29) is 6.04 Å². The predicted octanol–water partition coefficient (Wildman–Crippen LogP) is 4.09. The fraction of sp³-hybridized carbons (Fsp3) is 0.286. The van der Waals surface area contributed by atoms with Gasteiger partial charge < -0.3 is 0 Å². The number of piperazine rings is 1. The Balaban J connectivity index is 1.37. The van der Waals surface area contributed by atoms with Crippen LogP contribution < -0.4 is 0 Å². The van der Waals surface area contributed by atoms with Crippen molar-refractivity contribution in [3.63, 3.8) is 0 Å². The standard InChI is InChI=1S/C28H31N7/c1-22-9-6-10-23(2)26(22)35-28(30-31-32-35)27(25-14-7-15-29-21-25)34-19-17-33(18-20-34)16-8-13-24-11-4-3-5-12-24/h3-15,21,27H,16-20H2,1-2H3/t27-/m1/s1. The quantitative estimate of drug-likeness (QED) is 0.410. The third-order valence-electron chi connectivity index (χ3n) is 6.64. The van der Waals surface area contributed by atoms with Gasteiger partial charge in [0.1, 0.15) is 0 Å². The molecule has 178 valence electrons. The first-order chi connectivity index (χ1) is 17.2. The number of aromatic nitrogens is 5. The maximum absolute atomic E-state index is 4.54. The summed E-state index contributed by atoms with van der Waals surface area (Å²) in [7, 11) is 0. The summed E-state index contributed by atoms with van der Waals surface area (Å²) in [6, 6.07) is 20.8. The van der Waals surface area contributed by atoms with Gasteiger partial charge in [0, 0.05) is 45.1 Å². The lowest BCUT2D eigenvalue weighted by Gasteiger charge is -2.38. The highest BCUT2D eigenvalue weighted by Gasteiger charge is 2.31. The third-order valence-corrected chi connectivity index (χ3v) is 6.64. The van der Waals surface area contributed by atoms with Gasteiger partial charge in [0.05, 0.1) is 11.7 Å². The van der Waals surface area contributed by atoms with Crippen LogP contribution in [0.25, 0.3) is 11.8 Å². The van der Waals surface area contributed by atoms with E-state index in [1.54, 1.807) is 0 Å². The molecule has 0 aliphatic carbocycles. The second kappa shape index (κ2) is 10.7. The average Bonchev–Trinajstić information content (AvgIpc) is 3.35. The highest BCUT2D eigenvalue weighted by Crippen LogP contribution is 2.30. The van der Waals surface area contributed by atoms with Crippen LogP contribution in [0.2, 0.25) is 0 Å². The van der Waals surface area contributed by atoms with E-state index in [0.717, 1.165) is 60.9 Å². The molecule has 0 spiro atoms. The molecule has 2 aromatic carbocycles. The van der Waals surface area contributed by atoms with Crippen LogP contribution in [0.4, 0.5) is 0 Å². The first-order valence-corrected chi connectivity index (χ1v) is 12.1. The average molecular weight is 466 g/mol. The van der Waals surface area contributed by atoms with Gasteiger partial charge in [-0.05, 0) is 52.6 Å². The predicted molar refractivity (Wildman–Crippen MR) is 138 cm³/mol. The van der Waals surface area contributed by atoms with Gasteiger partial charge in [-0.2, -0.15) is 4.68 Å². The van der Waals surface area contributed by atoms with E-state index in [0.29, 0.717) is 0 Å². The molecule has 7 heteroatoms. The molecule has 4 aromatic rings. The topological polar surface area (TPSA) is 63.0 Å². The van der Waals surface area contributed by atoms with Gasteiger partial charge in [0.25, 0.3) is 0 Å². The van der Waals surface area contributed by atoms with E-state index >= 15 is 0 Å². The lowest BCUT2D eigenvalue weighted by Crippen LogP contribution is -2.48. The van der Waals surface area contributed by atoms with Crippen LogP contribution in [0.5, 0.6) is 0 Å². The Hall–Kier alpha value is -3.68. The van der Waals surface area contributed by atoms with Crippen LogP contribution in [0.15, 0.2) is 79.1 Å². The summed E-state index contributed by atoms with van der Waals surface area (Å²) in [4.78, 5) is 9.38. The van der Waals surface area contributed by atoms with E-state index in [1.807, 2.05) is 29.2 Å². The van der Waals surface area contributed by atoms with Gasteiger partial charge in [-0.1, -0.05) is 66.7 Å². The molecule has 1 saturated heterocycles. The van der Waals surface area contributed by atoms with Crippen LogP contribution in [-0.4, -0.2) is 67.7 Å². The van der Waals surface area contributed by atoms with Crippen molar-refractivity contribution >= 4 is 6.08 Å². The summed E-state index contributed by atoms with van der Waals surface area (Å²) >= 11 is 0. The summed E-state index contributed by atoms with van der Waals surface area (Å²) in [5.74, 6) is 0.827. The molecule has 2 aromatic heterocycles. The van der Waals surface area contributed by atoms with Crippen LogP contribution in [0.1, 0.15) is 34.1 Å². The van der Waals surface area contributed by atoms with E-state index in [1.165, 1.54) is 5.56 Å². The van der Waals surface area contributed by atoms with Gasteiger partial charge in [0.2, 0.25) is 0 Å². The fourth-order valence-corrected chi connectivity index (χ4v) is 4.83. The summed E-state index contributed by atoms with van der Waals surface area (Å²) in [5, 5.41) is 13.1. The zero-order valence-electron chi connectivity index (χ0n) is 20.3. The molecule has 0 bridgehead atoms. The number of para-hydroxylation sites is 1. The first kappa shape index (κ1) is 23.1. The molecule has 0 radical (unpaired) electrons. The molecule has 0 amide bonds. The number of aryl methyl sites for hydroxylation is 2. The minimum atomic E-state index is -0.0697. The Morgan fingerprint density at radius 3 is 2.37 bits per heavy atom. The number of hydrogen-bond acceptors (Lipinski definition) is 6. The van der Waals surface area contributed by atoms with Crippen molar-refractivity contribution in [3.8, 4) is 5.69 Å². The number of nitrogens with zero attached hydrogens (tertiary/aromatic N) is 7. The summed E-state index contributed by atoms with van der Waals surface area (Å²) in [6.07, 6.45) is 8.20. The molecule has 1 fully saturated rings. The summed E-state index contributed by atoms with van der Waals surface area (Å²) < 4.78 is 1.91. The Bertz CT molecular complexity index is 1240. The molecule has 0 unspecified atom stereocenters. The lowest BCUT2D eigenvalue weighted by atomic mass is 10.0. The molecule has 5 rings (SSSR count). The van der Waals surface area contributed by atoms with Gasteiger partial charge in [-0.15, -0.1) is 5.10 Å². The van der Waals surface area contributed by atoms with Crippen molar-refractivity contribution in [1.82, 2.24) is 35.0 Å². The summed E-state index contributed by atoms with van der Waals surface area (Å²) in [6.45, 7) is 8.99. The van der Waals surface area contributed by atoms with Crippen LogP contribution in [0, 0.1) is 13.8 Å². The Labute approximate surface area is 206 Å². The third kappa shape index (κ3) is 5.21. The Kier molecular flexibility index (Phi) is 7.07. The molecule has 3 heterocycles. The molecule has 1 aliphatic rings. The normalized spacial score (nSPS) is 16.1. The van der Waals surface area contributed by atoms with Crippen molar-refractivity contribution < 1.29 is 0 Å². The molecular weight excluding hydrogens is 434 g/mol. The van der Waals surface area contributed by atoms with Crippen LogP contribution in [0.3, 0.4) is 0 Å². The van der Waals surface area contributed by atoms with Crippen molar-refractivity contribution in [2.75, 3.05) is 32.7 Å². The highest BCUT2D eigenvalue weighted by atomic mass is 15.6. The Morgan fingerprint density at radius 1 is 0.886 bits per heavy atom. The van der Waals surface area contributed by atoms with Crippen LogP contribution in [-0.2, 0) is 0 Å². The smallest absolute Gasteiger partial charge is 0.178 e. The minimum absolute atomic E-state index is 0.0697. The SMILES string of the molecule is Cc1cccc(C)c1-n1nnnc1[C@@H](c1cccnc1)N1CCN(CC=Cc2ccccc2)CC1. The first-order valence-electron chi connectivity index (χ1n) is 12.1. The molecule has 0 saturated carbocycles. The van der Waals surface area contributed by atoms with Crippen LogP contribution >= 0.6 is 0 Å². The molecule has 1 aliphatic heterocycles. The minimum Gasteiger partial charge on any atom is -0.297 e. The highest BCUT2D eigenvalue weighted by molar-refractivity contribution is 5.49. The monoisotopic (exact) mass is 465 g/mol. The Morgan fingerprint density at radius 2 is 1.66 bits per heavy atom. The van der Waals surface area contributed by atoms with Gasteiger partial charge in [0.15, 0.2) is 5.82 Å². The maximum Gasteiger partial charge on any atom is 0.178 e. The second-order valence-corrected chi connectivity index (χ2v) is 9.03. The van der Waals surface area contributed by atoms with Gasteiger partial charge in [-0.25, -0.2) is 0 Å². The van der Waals surface area contributed by atoms with E-state index < -0.39 is 0 Å². The lowest BCUT2D eigenvalue weighted by molar-refractivity contribution is 0.113. The number of benzene rings is 2. The molecule has 35 heavy (non-hydrogen) atoms. The zero-order chi connectivity index (χ0) is 24.0. The van der Waals surface area contributed by atoms with Crippen molar-refractivity contribution in [2.24, 2.45) is 0 Å². The molecule has 7 nitrogen and oxygen atoms in total. The number of pyridine rings is 1. The second-order valence-electron chi connectivity index (χ2n) is 9.03. The molecule has 1 atom stereocenters. The van der Waals surface area contributed by atoms with Gasteiger partial charge in [-0.3, -0.25) is 14.8 Å². The van der Waals surface area contributed by atoms with Crippen molar-refractivity contribution in [2.45, 2.75) is 19.9 Å². The largest absolute Gasteiger partial charge is 0.297 e. The van der Waals surface area contributed by atoms with Gasteiger partial charge >= 0.3 is 0 Å². The van der Waals surface area contributed by atoms with Crippen molar-refractivity contribution in [1.29, 1.82) is 0 Å². The number of rotatable bonds is 7. The zero-order valence-corrected chi connectivity index (χ0v) is 20.3. The van der Waals surface area contributed by atoms with E-state index in [9.17, 15) is 0 Å². The fourth-order valence-electron chi connectivity index (χ4n) is 4.83. The van der Waals surface area contributed by atoms with E-state index in [2.05, 4.69) is 105 Å².